The third kappa shape index (κ3) is 5.12. The van der Waals surface area contributed by atoms with Gasteiger partial charge in [-0.05, 0) is 32.4 Å². The first-order chi connectivity index (χ1) is 10.5. The summed E-state index contributed by atoms with van der Waals surface area (Å²) < 4.78 is 11.1. The lowest BCUT2D eigenvalue weighted by Gasteiger charge is -2.16. The van der Waals surface area contributed by atoms with Gasteiger partial charge in [-0.2, -0.15) is 5.26 Å². The average Bonchev–Trinajstić information content (AvgIpc) is 2.46. The van der Waals surface area contributed by atoms with Gasteiger partial charge in [-0.3, -0.25) is 4.79 Å². The number of hydrogen-bond acceptors (Lipinski definition) is 4. The fourth-order valence-electron chi connectivity index (χ4n) is 1.80. The number of hydrogen-bond donors (Lipinski definition) is 1. The van der Waals surface area contributed by atoms with Gasteiger partial charge in [-0.15, -0.1) is 0 Å². The van der Waals surface area contributed by atoms with Crippen molar-refractivity contribution in [2.24, 2.45) is 0 Å². The second-order valence-corrected chi connectivity index (χ2v) is 5.21. The van der Waals surface area contributed by atoms with Crippen LogP contribution in [0.2, 0.25) is 5.02 Å². The van der Waals surface area contributed by atoms with Crippen molar-refractivity contribution in [1.29, 1.82) is 5.26 Å². The van der Waals surface area contributed by atoms with Crippen molar-refractivity contribution >= 4 is 17.5 Å². The number of rotatable bonds is 8. The quantitative estimate of drug-likeness (QED) is 0.793. The predicted octanol–water partition coefficient (Wildman–Crippen LogP) is 3.56. The van der Waals surface area contributed by atoms with Crippen LogP contribution in [0.25, 0.3) is 0 Å². The standard InChI is InChI=1S/C16H21ClN2O3/c1-4-8-22-15-13(17)9-12(10-14(15)21-5-2)16(20)19-11(3)6-7-18/h9-11H,4-6,8H2,1-3H3,(H,19,20)/t11-/m1/s1. The highest BCUT2D eigenvalue weighted by molar-refractivity contribution is 6.32. The van der Waals surface area contributed by atoms with Crippen molar-refractivity contribution in [2.75, 3.05) is 13.2 Å². The molecule has 0 unspecified atom stereocenters. The van der Waals surface area contributed by atoms with Gasteiger partial charge in [0.15, 0.2) is 11.5 Å². The van der Waals surface area contributed by atoms with Gasteiger partial charge in [0, 0.05) is 11.6 Å². The van der Waals surface area contributed by atoms with Crippen LogP contribution in [0.4, 0.5) is 0 Å². The lowest BCUT2D eigenvalue weighted by Crippen LogP contribution is -2.32. The van der Waals surface area contributed by atoms with Crippen LogP contribution in [0.1, 0.15) is 44.0 Å². The van der Waals surface area contributed by atoms with E-state index in [9.17, 15) is 4.79 Å². The molecular weight excluding hydrogens is 304 g/mol. The molecule has 1 atom stereocenters. The Kier molecular flexibility index (Phi) is 7.55. The maximum absolute atomic E-state index is 12.2. The summed E-state index contributed by atoms with van der Waals surface area (Å²) in [4.78, 5) is 12.2. The fourth-order valence-corrected chi connectivity index (χ4v) is 2.07. The van der Waals surface area contributed by atoms with Crippen LogP contribution in [-0.2, 0) is 0 Å². The summed E-state index contributed by atoms with van der Waals surface area (Å²) in [5.41, 5.74) is 0.377. The third-order valence-corrected chi connectivity index (χ3v) is 3.08. The van der Waals surface area contributed by atoms with E-state index in [1.165, 1.54) is 0 Å². The number of nitrogens with one attached hydrogen (secondary N) is 1. The molecule has 0 aliphatic rings. The van der Waals surface area contributed by atoms with Crippen molar-refractivity contribution in [3.8, 4) is 17.6 Å². The number of ether oxygens (including phenoxy) is 2. The second-order valence-electron chi connectivity index (χ2n) is 4.80. The van der Waals surface area contributed by atoms with E-state index < -0.39 is 0 Å². The van der Waals surface area contributed by atoms with Crippen molar-refractivity contribution in [3.05, 3.63) is 22.7 Å². The number of carbonyl (C=O) groups is 1. The van der Waals surface area contributed by atoms with Crippen LogP contribution in [0.5, 0.6) is 11.5 Å². The Balaban J connectivity index is 3.02. The SMILES string of the molecule is CCCOc1c(Cl)cc(C(=O)N[C@H](C)CC#N)cc1OCC. The van der Waals surface area contributed by atoms with E-state index in [0.717, 1.165) is 6.42 Å². The minimum Gasteiger partial charge on any atom is -0.490 e. The summed E-state index contributed by atoms with van der Waals surface area (Å²) in [5.74, 6) is 0.598. The summed E-state index contributed by atoms with van der Waals surface area (Å²) >= 11 is 6.21. The van der Waals surface area contributed by atoms with E-state index in [1.807, 2.05) is 19.9 Å². The van der Waals surface area contributed by atoms with Gasteiger partial charge >= 0.3 is 0 Å². The Morgan fingerprint density at radius 3 is 2.73 bits per heavy atom. The number of nitriles is 1. The first-order valence-corrected chi connectivity index (χ1v) is 7.68. The van der Waals surface area contributed by atoms with Crippen molar-refractivity contribution in [3.63, 3.8) is 0 Å². The lowest BCUT2D eigenvalue weighted by molar-refractivity contribution is 0.0940. The van der Waals surface area contributed by atoms with Crippen molar-refractivity contribution < 1.29 is 14.3 Å². The second kappa shape index (κ2) is 9.16. The molecule has 120 valence electrons. The maximum atomic E-state index is 12.2. The Morgan fingerprint density at radius 1 is 1.41 bits per heavy atom. The number of amides is 1. The highest BCUT2D eigenvalue weighted by Crippen LogP contribution is 2.36. The van der Waals surface area contributed by atoms with Gasteiger partial charge in [0.2, 0.25) is 0 Å². The van der Waals surface area contributed by atoms with E-state index in [-0.39, 0.29) is 18.4 Å². The molecule has 22 heavy (non-hydrogen) atoms. The zero-order valence-corrected chi connectivity index (χ0v) is 13.9. The molecule has 0 aliphatic carbocycles. The van der Waals surface area contributed by atoms with Crippen LogP contribution < -0.4 is 14.8 Å². The topological polar surface area (TPSA) is 71.3 Å². The third-order valence-electron chi connectivity index (χ3n) is 2.80. The molecule has 1 aromatic carbocycles. The number of halogens is 1. The molecule has 0 fully saturated rings. The lowest BCUT2D eigenvalue weighted by atomic mass is 10.1. The van der Waals surface area contributed by atoms with Crippen molar-refractivity contribution in [2.45, 2.75) is 39.7 Å². The largest absolute Gasteiger partial charge is 0.490 e. The summed E-state index contributed by atoms with van der Waals surface area (Å²) in [6, 6.07) is 4.93. The maximum Gasteiger partial charge on any atom is 0.251 e. The average molecular weight is 325 g/mol. The van der Waals surface area contributed by atoms with Crippen LogP contribution in [0.15, 0.2) is 12.1 Å². The molecule has 1 N–H and O–H groups in total. The molecule has 1 rings (SSSR count). The first kappa shape index (κ1) is 18.1. The fraction of sp³-hybridized carbons (Fsp3) is 0.500. The summed E-state index contributed by atoms with van der Waals surface area (Å²) in [6.45, 7) is 6.57. The molecule has 5 nitrogen and oxygen atoms in total. The highest BCUT2D eigenvalue weighted by Gasteiger charge is 2.17. The van der Waals surface area contributed by atoms with E-state index in [0.29, 0.717) is 35.3 Å². The number of carbonyl (C=O) groups excluding carboxylic acids is 1. The van der Waals surface area contributed by atoms with Gasteiger partial charge in [0.25, 0.3) is 5.91 Å². The van der Waals surface area contributed by atoms with E-state index in [4.69, 9.17) is 26.3 Å². The number of benzene rings is 1. The first-order valence-electron chi connectivity index (χ1n) is 7.30. The Bertz CT molecular complexity index is 555. The summed E-state index contributed by atoms with van der Waals surface area (Å²) in [7, 11) is 0. The van der Waals surface area contributed by atoms with Gasteiger partial charge in [0.05, 0.1) is 30.7 Å². The van der Waals surface area contributed by atoms with Gasteiger partial charge in [0.1, 0.15) is 0 Å². The molecule has 0 aliphatic heterocycles. The molecule has 0 bridgehead atoms. The molecule has 0 radical (unpaired) electrons. The van der Waals surface area contributed by atoms with E-state index in [1.54, 1.807) is 19.1 Å². The van der Waals surface area contributed by atoms with E-state index >= 15 is 0 Å². The minimum atomic E-state index is -0.298. The summed E-state index contributed by atoms with van der Waals surface area (Å²) in [6.07, 6.45) is 1.09. The smallest absolute Gasteiger partial charge is 0.251 e. The van der Waals surface area contributed by atoms with Gasteiger partial charge in [-0.25, -0.2) is 0 Å². The molecule has 1 aromatic rings. The molecule has 1 amide bonds. The Hall–Kier alpha value is -1.93. The molecule has 0 saturated heterocycles. The zero-order valence-electron chi connectivity index (χ0n) is 13.1. The van der Waals surface area contributed by atoms with Crippen LogP contribution in [0.3, 0.4) is 0 Å². The molecule has 6 heteroatoms. The van der Waals surface area contributed by atoms with Crippen LogP contribution in [0, 0.1) is 11.3 Å². The van der Waals surface area contributed by atoms with Crippen LogP contribution >= 0.6 is 11.6 Å². The zero-order chi connectivity index (χ0) is 16.5. The molecule has 0 aromatic heterocycles. The Morgan fingerprint density at radius 2 is 2.14 bits per heavy atom. The minimum absolute atomic E-state index is 0.233. The predicted molar refractivity (Wildman–Crippen MR) is 85.6 cm³/mol. The monoisotopic (exact) mass is 324 g/mol. The molecule has 0 spiro atoms. The number of nitrogens with zero attached hydrogens (tertiary/aromatic N) is 1. The highest BCUT2D eigenvalue weighted by atomic mass is 35.5. The van der Waals surface area contributed by atoms with E-state index in [2.05, 4.69) is 5.32 Å². The van der Waals surface area contributed by atoms with Crippen molar-refractivity contribution in [1.82, 2.24) is 5.32 Å². The summed E-state index contributed by atoms with van der Waals surface area (Å²) in [5, 5.41) is 11.7. The Labute approximate surface area is 136 Å². The van der Waals surface area contributed by atoms with Gasteiger partial charge in [-0.1, -0.05) is 18.5 Å². The van der Waals surface area contributed by atoms with Crippen LogP contribution in [-0.4, -0.2) is 25.2 Å². The molecular formula is C16H21ClN2O3. The molecule has 0 saturated carbocycles. The molecule has 0 heterocycles. The normalized spacial score (nSPS) is 11.4. The van der Waals surface area contributed by atoms with Gasteiger partial charge < -0.3 is 14.8 Å².